The van der Waals surface area contributed by atoms with Gasteiger partial charge in [-0.1, -0.05) is 25.7 Å². The lowest BCUT2D eigenvalue weighted by Gasteiger charge is -2.21. The summed E-state index contributed by atoms with van der Waals surface area (Å²) in [6.07, 6.45) is 10.3. The first-order chi connectivity index (χ1) is 9.20. The van der Waals surface area contributed by atoms with E-state index in [1.165, 1.54) is 43.3 Å². The molecule has 0 N–H and O–H groups in total. The van der Waals surface area contributed by atoms with Crippen molar-refractivity contribution in [2.24, 2.45) is 5.92 Å². The number of aromatic nitrogens is 2. The van der Waals surface area contributed by atoms with Crippen LogP contribution in [0.1, 0.15) is 32.1 Å². The van der Waals surface area contributed by atoms with Crippen LogP contribution in [0.5, 0.6) is 0 Å². The highest BCUT2D eigenvalue weighted by molar-refractivity contribution is 5.51. The number of rotatable bonds is 5. The summed E-state index contributed by atoms with van der Waals surface area (Å²) in [6.45, 7) is 1.01. The van der Waals surface area contributed by atoms with Crippen molar-refractivity contribution in [3.63, 3.8) is 0 Å². The molecule has 0 spiro atoms. The summed E-state index contributed by atoms with van der Waals surface area (Å²) in [5, 5.41) is 8.87. The van der Waals surface area contributed by atoms with E-state index in [2.05, 4.69) is 14.9 Å². The SMILES string of the molecule is CN(C#N)c1cc(N(C)CCC2CCCC2)ncn1. The van der Waals surface area contributed by atoms with Gasteiger partial charge in [-0.2, -0.15) is 5.26 Å². The largest absolute Gasteiger partial charge is 0.360 e. The Morgan fingerprint density at radius 2 is 1.95 bits per heavy atom. The molecule has 1 heterocycles. The molecule has 0 saturated heterocycles. The molecule has 5 heteroatoms. The van der Waals surface area contributed by atoms with Crippen molar-refractivity contribution >= 4 is 11.6 Å². The summed E-state index contributed by atoms with van der Waals surface area (Å²) in [6, 6.07) is 1.86. The van der Waals surface area contributed by atoms with Crippen LogP contribution in [0, 0.1) is 17.4 Å². The fraction of sp³-hybridized carbons (Fsp3) is 0.643. The van der Waals surface area contributed by atoms with Gasteiger partial charge in [0, 0.05) is 26.7 Å². The molecule has 1 aromatic rings. The average molecular weight is 259 g/mol. The second kappa shape index (κ2) is 6.37. The van der Waals surface area contributed by atoms with Crippen molar-refractivity contribution in [2.45, 2.75) is 32.1 Å². The second-order valence-corrected chi connectivity index (χ2v) is 5.25. The molecule has 19 heavy (non-hydrogen) atoms. The van der Waals surface area contributed by atoms with Gasteiger partial charge in [0.1, 0.15) is 18.0 Å². The Bertz CT molecular complexity index is 447. The normalized spacial score (nSPS) is 15.2. The van der Waals surface area contributed by atoms with Gasteiger partial charge < -0.3 is 4.90 Å². The molecule has 0 amide bonds. The van der Waals surface area contributed by atoms with E-state index in [0.29, 0.717) is 5.82 Å². The summed E-state index contributed by atoms with van der Waals surface area (Å²) >= 11 is 0. The lowest BCUT2D eigenvalue weighted by Crippen LogP contribution is -2.22. The van der Waals surface area contributed by atoms with E-state index in [0.717, 1.165) is 18.3 Å². The fourth-order valence-corrected chi connectivity index (χ4v) is 2.57. The van der Waals surface area contributed by atoms with E-state index in [1.54, 1.807) is 7.05 Å². The molecule has 0 atom stereocenters. The minimum absolute atomic E-state index is 0.639. The highest BCUT2D eigenvalue weighted by atomic mass is 15.2. The van der Waals surface area contributed by atoms with Gasteiger partial charge in [0.2, 0.25) is 0 Å². The molecule has 1 fully saturated rings. The second-order valence-electron chi connectivity index (χ2n) is 5.25. The van der Waals surface area contributed by atoms with Crippen molar-refractivity contribution in [1.29, 1.82) is 5.26 Å². The Hall–Kier alpha value is -1.83. The van der Waals surface area contributed by atoms with E-state index in [1.807, 2.05) is 19.3 Å². The van der Waals surface area contributed by atoms with E-state index in [9.17, 15) is 0 Å². The summed E-state index contributed by atoms with van der Waals surface area (Å²) in [5.74, 6) is 2.40. The molecule has 1 aliphatic rings. The van der Waals surface area contributed by atoms with Crippen LogP contribution in [-0.2, 0) is 0 Å². The molecule has 0 radical (unpaired) electrons. The molecule has 0 aromatic carbocycles. The number of nitrogens with zero attached hydrogens (tertiary/aromatic N) is 5. The Balaban J connectivity index is 1.94. The zero-order valence-corrected chi connectivity index (χ0v) is 11.7. The van der Waals surface area contributed by atoms with Gasteiger partial charge in [0.25, 0.3) is 0 Å². The van der Waals surface area contributed by atoms with Gasteiger partial charge in [-0.25, -0.2) is 9.97 Å². The van der Waals surface area contributed by atoms with Crippen molar-refractivity contribution in [2.75, 3.05) is 30.4 Å². The van der Waals surface area contributed by atoms with Crippen LogP contribution in [0.4, 0.5) is 11.6 Å². The summed E-state index contributed by atoms with van der Waals surface area (Å²) in [5.41, 5.74) is 0. The standard InChI is InChI=1S/C14H21N5/c1-18(8-7-12-5-3-4-6-12)13-9-14(17-11-16-13)19(2)10-15/h9,11-12H,3-8H2,1-2H3. The lowest BCUT2D eigenvalue weighted by atomic mass is 10.0. The first-order valence-electron chi connectivity index (χ1n) is 6.87. The molecule has 1 aromatic heterocycles. The summed E-state index contributed by atoms with van der Waals surface area (Å²) in [7, 11) is 3.75. The molecule has 0 bridgehead atoms. The predicted molar refractivity (Wildman–Crippen MR) is 75.9 cm³/mol. The molecule has 5 nitrogen and oxygen atoms in total. The molecule has 0 aliphatic heterocycles. The third-order valence-corrected chi connectivity index (χ3v) is 3.87. The van der Waals surface area contributed by atoms with Crippen molar-refractivity contribution < 1.29 is 0 Å². The van der Waals surface area contributed by atoms with E-state index < -0.39 is 0 Å². The third-order valence-electron chi connectivity index (χ3n) is 3.87. The Morgan fingerprint density at radius 3 is 2.63 bits per heavy atom. The summed E-state index contributed by atoms with van der Waals surface area (Å²) < 4.78 is 0. The average Bonchev–Trinajstić information content (AvgIpc) is 2.97. The van der Waals surface area contributed by atoms with E-state index in [4.69, 9.17) is 5.26 Å². The van der Waals surface area contributed by atoms with E-state index >= 15 is 0 Å². The maximum absolute atomic E-state index is 8.87. The highest BCUT2D eigenvalue weighted by Gasteiger charge is 2.16. The molecule has 102 valence electrons. The minimum atomic E-state index is 0.639. The molecule has 1 aliphatic carbocycles. The van der Waals surface area contributed by atoms with Crippen LogP contribution in [0.3, 0.4) is 0 Å². The minimum Gasteiger partial charge on any atom is -0.360 e. The summed E-state index contributed by atoms with van der Waals surface area (Å²) in [4.78, 5) is 12.0. The van der Waals surface area contributed by atoms with Crippen LogP contribution in [0.2, 0.25) is 0 Å². The Labute approximate surface area is 114 Å². The Kier molecular flexibility index (Phi) is 4.56. The van der Waals surface area contributed by atoms with Crippen molar-refractivity contribution in [1.82, 2.24) is 9.97 Å². The maximum Gasteiger partial charge on any atom is 0.185 e. The van der Waals surface area contributed by atoms with Crippen LogP contribution < -0.4 is 9.80 Å². The van der Waals surface area contributed by atoms with Crippen LogP contribution in [-0.4, -0.2) is 30.6 Å². The third kappa shape index (κ3) is 3.57. The quantitative estimate of drug-likeness (QED) is 0.600. The smallest absolute Gasteiger partial charge is 0.185 e. The van der Waals surface area contributed by atoms with Gasteiger partial charge in [-0.15, -0.1) is 0 Å². The van der Waals surface area contributed by atoms with E-state index in [-0.39, 0.29) is 0 Å². The number of anilines is 2. The first kappa shape index (κ1) is 13.6. The molecule has 0 unspecified atom stereocenters. The molecule has 1 saturated carbocycles. The molecular weight excluding hydrogens is 238 g/mol. The zero-order valence-electron chi connectivity index (χ0n) is 11.7. The first-order valence-corrected chi connectivity index (χ1v) is 6.87. The highest BCUT2D eigenvalue weighted by Crippen LogP contribution is 2.28. The maximum atomic E-state index is 8.87. The van der Waals surface area contributed by atoms with Gasteiger partial charge in [0.05, 0.1) is 0 Å². The fourth-order valence-electron chi connectivity index (χ4n) is 2.57. The van der Waals surface area contributed by atoms with Gasteiger partial charge in [0.15, 0.2) is 6.19 Å². The zero-order chi connectivity index (χ0) is 13.7. The number of hydrogen-bond donors (Lipinski definition) is 0. The van der Waals surface area contributed by atoms with Crippen LogP contribution >= 0.6 is 0 Å². The topological polar surface area (TPSA) is 56.1 Å². The molecule has 2 rings (SSSR count). The van der Waals surface area contributed by atoms with Gasteiger partial charge in [-0.05, 0) is 12.3 Å². The van der Waals surface area contributed by atoms with Crippen LogP contribution in [0.25, 0.3) is 0 Å². The monoisotopic (exact) mass is 259 g/mol. The number of nitriles is 1. The molecular formula is C14H21N5. The van der Waals surface area contributed by atoms with Crippen molar-refractivity contribution in [3.05, 3.63) is 12.4 Å². The predicted octanol–water partition coefficient (Wildman–Crippen LogP) is 2.41. The van der Waals surface area contributed by atoms with Crippen molar-refractivity contribution in [3.8, 4) is 6.19 Å². The van der Waals surface area contributed by atoms with Gasteiger partial charge in [-0.3, -0.25) is 4.90 Å². The van der Waals surface area contributed by atoms with Gasteiger partial charge >= 0.3 is 0 Å². The van der Waals surface area contributed by atoms with Crippen LogP contribution in [0.15, 0.2) is 12.4 Å². The number of hydrogen-bond acceptors (Lipinski definition) is 5. The Morgan fingerprint density at radius 1 is 1.26 bits per heavy atom. The lowest BCUT2D eigenvalue weighted by molar-refractivity contribution is 0.504.